The predicted molar refractivity (Wildman–Crippen MR) is 92.9 cm³/mol. The van der Waals surface area contributed by atoms with Crippen molar-refractivity contribution in [2.45, 2.75) is 44.7 Å². The zero-order chi connectivity index (χ0) is 15.9. The Labute approximate surface area is 143 Å². The second kappa shape index (κ2) is 9.53. The number of hydrogen-bond donors (Lipinski definition) is 2. The van der Waals surface area contributed by atoms with E-state index in [2.05, 4.69) is 0 Å². The summed E-state index contributed by atoms with van der Waals surface area (Å²) in [6, 6.07) is 9.91. The van der Waals surface area contributed by atoms with Crippen LogP contribution < -0.4 is 11.5 Å². The number of benzene rings is 1. The van der Waals surface area contributed by atoms with Crippen molar-refractivity contribution in [2.24, 2.45) is 17.4 Å². The lowest BCUT2D eigenvalue weighted by Crippen LogP contribution is -2.41. The van der Waals surface area contributed by atoms with Crippen molar-refractivity contribution < 1.29 is 9.59 Å². The quantitative estimate of drug-likeness (QED) is 0.828. The van der Waals surface area contributed by atoms with Gasteiger partial charge in [-0.3, -0.25) is 9.59 Å². The Hall–Kier alpha value is -1.59. The maximum atomic E-state index is 12.8. The van der Waals surface area contributed by atoms with E-state index in [4.69, 9.17) is 11.5 Å². The molecule has 1 aromatic carbocycles. The first-order chi connectivity index (χ1) is 10.6. The maximum absolute atomic E-state index is 12.8. The first-order valence-corrected chi connectivity index (χ1v) is 7.93. The van der Waals surface area contributed by atoms with E-state index in [9.17, 15) is 9.59 Å². The van der Waals surface area contributed by atoms with Gasteiger partial charge in [-0.2, -0.15) is 0 Å². The molecule has 1 aliphatic carbocycles. The van der Waals surface area contributed by atoms with Crippen LogP contribution in [0.2, 0.25) is 0 Å². The van der Waals surface area contributed by atoms with Crippen LogP contribution in [-0.2, 0) is 16.1 Å². The van der Waals surface area contributed by atoms with Crippen LogP contribution in [-0.4, -0.2) is 29.3 Å². The minimum atomic E-state index is -0.383. The Morgan fingerprint density at radius 3 is 2.48 bits per heavy atom. The monoisotopic (exact) mass is 339 g/mol. The minimum Gasteiger partial charge on any atom is -0.370 e. The minimum absolute atomic E-state index is 0. The standard InChI is InChI=1S/C17H25N3O2.ClH/c18-15-8-4-7-14(11-15)17(22)20(10-9-16(19)21)12-13-5-2-1-3-6-13;/h1-3,5-6,14-15H,4,7-12,18H2,(H2,19,21);1H. The molecule has 6 heteroatoms. The molecule has 0 radical (unpaired) electrons. The largest absolute Gasteiger partial charge is 0.370 e. The van der Waals surface area contributed by atoms with Gasteiger partial charge in [-0.1, -0.05) is 36.8 Å². The fraction of sp³-hybridized carbons (Fsp3) is 0.529. The van der Waals surface area contributed by atoms with Gasteiger partial charge < -0.3 is 16.4 Å². The molecule has 1 fully saturated rings. The normalized spacial score (nSPS) is 20.4. The van der Waals surface area contributed by atoms with Crippen LogP contribution in [0.5, 0.6) is 0 Å². The summed E-state index contributed by atoms with van der Waals surface area (Å²) in [4.78, 5) is 25.6. The van der Waals surface area contributed by atoms with E-state index >= 15 is 0 Å². The number of carbonyl (C=O) groups excluding carboxylic acids is 2. The van der Waals surface area contributed by atoms with Gasteiger partial charge in [0, 0.05) is 31.5 Å². The zero-order valence-corrected chi connectivity index (χ0v) is 14.1. The van der Waals surface area contributed by atoms with E-state index in [0.717, 1.165) is 31.2 Å². The summed E-state index contributed by atoms with van der Waals surface area (Å²) in [6.45, 7) is 0.882. The number of primary amides is 1. The molecule has 128 valence electrons. The van der Waals surface area contributed by atoms with Gasteiger partial charge >= 0.3 is 0 Å². The summed E-state index contributed by atoms with van der Waals surface area (Å²) in [5, 5.41) is 0. The van der Waals surface area contributed by atoms with E-state index in [0.29, 0.717) is 13.1 Å². The smallest absolute Gasteiger partial charge is 0.226 e. The lowest BCUT2D eigenvalue weighted by atomic mass is 9.85. The lowest BCUT2D eigenvalue weighted by molar-refractivity contribution is -0.137. The van der Waals surface area contributed by atoms with E-state index in [1.807, 2.05) is 30.3 Å². The molecule has 5 nitrogen and oxygen atoms in total. The molecule has 0 aliphatic heterocycles. The fourth-order valence-corrected chi connectivity index (χ4v) is 3.03. The third-order valence-corrected chi connectivity index (χ3v) is 4.22. The number of rotatable bonds is 6. The van der Waals surface area contributed by atoms with E-state index in [1.165, 1.54) is 0 Å². The molecular weight excluding hydrogens is 314 g/mol. The zero-order valence-electron chi connectivity index (χ0n) is 13.3. The Kier molecular flexibility index (Phi) is 8.06. The van der Waals surface area contributed by atoms with E-state index in [1.54, 1.807) is 4.90 Å². The fourth-order valence-electron chi connectivity index (χ4n) is 3.03. The summed E-state index contributed by atoms with van der Waals surface area (Å²) >= 11 is 0. The van der Waals surface area contributed by atoms with Gasteiger partial charge in [0.05, 0.1) is 0 Å². The molecule has 0 spiro atoms. The molecule has 2 atom stereocenters. The molecule has 0 bridgehead atoms. The number of nitrogens with zero attached hydrogens (tertiary/aromatic N) is 1. The van der Waals surface area contributed by atoms with Crippen molar-refractivity contribution in [1.29, 1.82) is 0 Å². The molecule has 1 aromatic rings. The average molecular weight is 340 g/mol. The Morgan fingerprint density at radius 1 is 1.17 bits per heavy atom. The molecule has 1 aliphatic rings. The van der Waals surface area contributed by atoms with Crippen LogP contribution in [0, 0.1) is 5.92 Å². The highest BCUT2D eigenvalue weighted by Gasteiger charge is 2.29. The van der Waals surface area contributed by atoms with Gasteiger partial charge in [0.15, 0.2) is 0 Å². The van der Waals surface area contributed by atoms with Gasteiger partial charge in [0.1, 0.15) is 0 Å². The van der Waals surface area contributed by atoms with Crippen molar-refractivity contribution in [3.8, 4) is 0 Å². The van der Waals surface area contributed by atoms with Crippen LogP contribution in [0.4, 0.5) is 0 Å². The van der Waals surface area contributed by atoms with E-state index in [-0.39, 0.29) is 42.6 Å². The summed E-state index contributed by atoms with van der Waals surface area (Å²) in [6.07, 6.45) is 3.79. The highest BCUT2D eigenvalue weighted by atomic mass is 35.5. The van der Waals surface area contributed by atoms with Crippen molar-refractivity contribution in [3.63, 3.8) is 0 Å². The summed E-state index contributed by atoms with van der Waals surface area (Å²) in [5.41, 5.74) is 12.3. The summed E-state index contributed by atoms with van der Waals surface area (Å²) in [7, 11) is 0. The highest BCUT2D eigenvalue weighted by Crippen LogP contribution is 2.25. The first kappa shape index (κ1) is 19.5. The Morgan fingerprint density at radius 2 is 1.87 bits per heavy atom. The number of amides is 2. The lowest BCUT2D eigenvalue weighted by Gasteiger charge is -2.31. The summed E-state index contributed by atoms with van der Waals surface area (Å²) < 4.78 is 0. The molecule has 2 rings (SSSR count). The van der Waals surface area contributed by atoms with Crippen molar-refractivity contribution in [3.05, 3.63) is 35.9 Å². The van der Waals surface area contributed by atoms with Gasteiger partial charge in [0.25, 0.3) is 0 Å². The number of halogens is 1. The van der Waals surface area contributed by atoms with Gasteiger partial charge in [-0.25, -0.2) is 0 Å². The molecule has 2 amide bonds. The molecule has 4 N–H and O–H groups in total. The van der Waals surface area contributed by atoms with Crippen molar-refractivity contribution in [2.75, 3.05) is 6.54 Å². The summed E-state index contributed by atoms with van der Waals surface area (Å²) in [5.74, 6) is -0.313. The average Bonchev–Trinajstić information content (AvgIpc) is 2.51. The van der Waals surface area contributed by atoms with Crippen LogP contribution in [0.3, 0.4) is 0 Å². The number of hydrogen-bond acceptors (Lipinski definition) is 3. The second-order valence-corrected chi connectivity index (χ2v) is 6.09. The molecule has 2 unspecified atom stereocenters. The highest BCUT2D eigenvalue weighted by molar-refractivity contribution is 5.85. The van der Waals surface area contributed by atoms with E-state index < -0.39 is 0 Å². The van der Waals surface area contributed by atoms with Gasteiger partial charge in [-0.05, 0) is 24.8 Å². The number of carbonyl (C=O) groups is 2. The third-order valence-electron chi connectivity index (χ3n) is 4.22. The third kappa shape index (κ3) is 6.20. The van der Waals surface area contributed by atoms with Crippen LogP contribution in [0.25, 0.3) is 0 Å². The van der Waals surface area contributed by atoms with Crippen molar-refractivity contribution >= 4 is 24.2 Å². The van der Waals surface area contributed by atoms with Gasteiger partial charge in [0.2, 0.25) is 11.8 Å². The first-order valence-electron chi connectivity index (χ1n) is 7.93. The van der Waals surface area contributed by atoms with Crippen LogP contribution in [0.15, 0.2) is 30.3 Å². The van der Waals surface area contributed by atoms with Gasteiger partial charge in [-0.15, -0.1) is 12.4 Å². The maximum Gasteiger partial charge on any atom is 0.226 e. The molecule has 0 saturated heterocycles. The Bertz CT molecular complexity index is 510. The SMILES string of the molecule is Cl.NC(=O)CCN(Cc1ccccc1)C(=O)C1CCCC(N)C1. The van der Waals surface area contributed by atoms with Crippen molar-refractivity contribution in [1.82, 2.24) is 4.90 Å². The number of nitrogens with two attached hydrogens (primary N) is 2. The predicted octanol–water partition coefficient (Wildman–Crippen LogP) is 1.83. The molecule has 0 aromatic heterocycles. The molecule has 0 heterocycles. The molecular formula is C17H26ClN3O2. The Balaban J connectivity index is 0.00000264. The second-order valence-electron chi connectivity index (χ2n) is 6.09. The molecule has 1 saturated carbocycles. The van der Waals surface area contributed by atoms with Crippen LogP contribution in [0.1, 0.15) is 37.7 Å². The van der Waals surface area contributed by atoms with Crippen LogP contribution >= 0.6 is 12.4 Å². The molecule has 23 heavy (non-hydrogen) atoms. The topological polar surface area (TPSA) is 89.4 Å².